The molecule has 100 valence electrons. The minimum Gasteiger partial charge on any atom is -0.384 e. The van der Waals surface area contributed by atoms with Crippen LogP contribution < -0.4 is 5.73 Å². The van der Waals surface area contributed by atoms with Crippen LogP contribution in [0.5, 0.6) is 0 Å². The molecule has 0 aliphatic heterocycles. The summed E-state index contributed by atoms with van der Waals surface area (Å²) in [4.78, 5) is 17.8. The van der Waals surface area contributed by atoms with Gasteiger partial charge in [-0.1, -0.05) is 25.4 Å². The van der Waals surface area contributed by atoms with Crippen LogP contribution >= 0.6 is 11.6 Å². The second kappa shape index (κ2) is 6.05. The first-order chi connectivity index (χ1) is 8.32. The topological polar surface area (TPSA) is 59.2 Å². The standard InChI is InChI=1S/C13H20ClN3O/c1-8(2)5-9(3)17(4)13(18)10-6-12(15)16-7-11(10)14/h6-9H,5H2,1-4H3,(H2,15,16). The highest BCUT2D eigenvalue weighted by atomic mass is 35.5. The van der Waals surface area contributed by atoms with Crippen molar-refractivity contribution in [3.63, 3.8) is 0 Å². The lowest BCUT2D eigenvalue weighted by Crippen LogP contribution is -2.36. The van der Waals surface area contributed by atoms with E-state index in [-0.39, 0.29) is 11.9 Å². The molecular formula is C13H20ClN3O. The summed E-state index contributed by atoms with van der Waals surface area (Å²) in [5.41, 5.74) is 5.99. The number of aromatic nitrogens is 1. The second-order valence-corrected chi connectivity index (χ2v) is 5.39. The zero-order valence-corrected chi connectivity index (χ0v) is 12.0. The molecule has 1 aromatic heterocycles. The van der Waals surface area contributed by atoms with E-state index >= 15 is 0 Å². The molecule has 0 spiro atoms. The van der Waals surface area contributed by atoms with Crippen molar-refractivity contribution in [3.8, 4) is 0 Å². The van der Waals surface area contributed by atoms with Crippen LogP contribution in [0.1, 0.15) is 37.6 Å². The summed E-state index contributed by atoms with van der Waals surface area (Å²) in [6, 6.07) is 1.67. The minimum absolute atomic E-state index is 0.123. The van der Waals surface area contributed by atoms with E-state index in [1.54, 1.807) is 11.9 Å². The Bertz CT molecular complexity index is 434. The van der Waals surface area contributed by atoms with Crippen LogP contribution in [0, 0.1) is 5.92 Å². The number of carbonyl (C=O) groups is 1. The molecule has 0 fully saturated rings. The van der Waals surface area contributed by atoms with Gasteiger partial charge in [0.15, 0.2) is 0 Å². The Morgan fingerprint density at radius 1 is 1.50 bits per heavy atom. The SMILES string of the molecule is CC(C)CC(C)N(C)C(=O)c1cc(N)ncc1Cl. The lowest BCUT2D eigenvalue weighted by molar-refractivity contribution is 0.0728. The number of anilines is 1. The van der Waals surface area contributed by atoms with Crippen LogP contribution in [-0.2, 0) is 0 Å². The monoisotopic (exact) mass is 269 g/mol. The molecule has 1 atom stereocenters. The molecule has 1 rings (SSSR count). The number of nitrogen functional groups attached to an aromatic ring is 1. The lowest BCUT2D eigenvalue weighted by atomic mass is 10.0. The van der Waals surface area contributed by atoms with Gasteiger partial charge in [0.1, 0.15) is 5.82 Å². The fraction of sp³-hybridized carbons (Fsp3) is 0.538. The summed E-state index contributed by atoms with van der Waals surface area (Å²) in [7, 11) is 1.78. The van der Waals surface area contributed by atoms with Crippen LogP contribution in [0.25, 0.3) is 0 Å². The van der Waals surface area contributed by atoms with E-state index in [0.29, 0.717) is 22.3 Å². The predicted molar refractivity (Wildman–Crippen MR) is 74.7 cm³/mol. The first-order valence-electron chi connectivity index (χ1n) is 6.01. The van der Waals surface area contributed by atoms with E-state index in [4.69, 9.17) is 17.3 Å². The average Bonchev–Trinajstić information content (AvgIpc) is 2.29. The van der Waals surface area contributed by atoms with Gasteiger partial charge in [-0.2, -0.15) is 0 Å². The van der Waals surface area contributed by atoms with Crippen molar-refractivity contribution in [1.82, 2.24) is 9.88 Å². The second-order valence-electron chi connectivity index (χ2n) is 4.98. The van der Waals surface area contributed by atoms with E-state index in [0.717, 1.165) is 6.42 Å². The van der Waals surface area contributed by atoms with Crippen LogP contribution in [0.15, 0.2) is 12.3 Å². The van der Waals surface area contributed by atoms with Crippen LogP contribution in [0.4, 0.5) is 5.82 Å². The number of amides is 1. The summed E-state index contributed by atoms with van der Waals surface area (Å²) < 4.78 is 0. The van der Waals surface area contributed by atoms with Crippen LogP contribution in [0.3, 0.4) is 0 Å². The van der Waals surface area contributed by atoms with Crippen LogP contribution in [0.2, 0.25) is 5.02 Å². The first-order valence-corrected chi connectivity index (χ1v) is 6.39. The molecule has 0 saturated carbocycles. The van der Waals surface area contributed by atoms with Gasteiger partial charge in [-0.3, -0.25) is 4.79 Å². The van der Waals surface area contributed by atoms with Gasteiger partial charge in [0.2, 0.25) is 0 Å². The predicted octanol–water partition coefficient (Wildman–Crippen LogP) is 2.82. The maximum absolute atomic E-state index is 12.3. The van der Waals surface area contributed by atoms with Gasteiger partial charge in [-0.15, -0.1) is 0 Å². The van der Waals surface area contributed by atoms with Gasteiger partial charge in [0.25, 0.3) is 5.91 Å². The Kier molecular flexibility index (Phi) is 4.96. The number of rotatable bonds is 4. The van der Waals surface area contributed by atoms with Gasteiger partial charge in [-0.25, -0.2) is 4.98 Å². The zero-order valence-electron chi connectivity index (χ0n) is 11.3. The van der Waals surface area contributed by atoms with Gasteiger partial charge in [0, 0.05) is 19.3 Å². The third-order valence-electron chi connectivity index (χ3n) is 2.90. The highest BCUT2D eigenvalue weighted by Crippen LogP contribution is 2.20. The molecule has 2 N–H and O–H groups in total. The van der Waals surface area contributed by atoms with Crippen molar-refractivity contribution in [2.75, 3.05) is 12.8 Å². The summed E-state index contributed by atoms with van der Waals surface area (Å²) in [5.74, 6) is 0.711. The number of halogens is 1. The molecule has 0 aliphatic carbocycles. The van der Waals surface area contributed by atoms with E-state index < -0.39 is 0 Å². The molecule has 4 nitrogen and oxygen atoms in total. The Hall–Kier alpha value is -1.29. The molecule has 0 aliphatic rings. The largest absolute Gasteiger partial charge is 0.384 e. The van der Waals surface area contributed by atoms with Crippen molar-refractivity contribution >= 4 is 23.3 Å². The average molecular weight is 270 g/mol. The smallest absolute Gasteiger partial charge is 0.255 e. The van der Waals surface area contributed by atoms with E-state index in [2.05, 4.69) is 18.8 Å². The highest BCUT2D eigenvalue weighted by molar-refractivity contribution is 6.33. The molecule has 5 heteroatoms. The van der Waals surface area contributed by atoms with Gasteiger partial charge >= 0.3 is 0 Å². The molecule has 0 saturated heterocycles. The Morgan fingerprint density at radius 3 is 2.67 bits per heavy atom. The Morgan fingerprint density at radius 2 is 2.11 bits per heavy atom. The lowest BCUT2D eigenvalue weighted by Gasteiger charge is -2.26. The number of nitrogens with zero attached hydrogens (tertiary/aromatic N) is 2. The fourth-order valence-corrected chi connectivity index (χ4v) is 2.03. The third-order valence-corrected chi connectivity index (χ3v) is 3.20. The maximum Gasteiger partial charge on any atom is 0.255 e. The number of nitrogens with two attached hydrogens (primary N) is 1. The van der Waals surface area contributed by atoms with Gasteiger partial charge in [-0.05, 0) is 25.3 Å². The Labute approximate surface area is 113 Å². The van der Waals surface area contributed by atoms with Crippen LogP contribution in [-0.4, -0.2) is 28.9 Å². The molecule has 0 radical (unpaired) electrons. The normalized spacial score (nSPS) is 12.6. The maximum atomic E-state index is 12.3. The van der Waals surface area contributed by atoms with E-state index in [1.807, 2.05) is 6.92 Å². The third kappa shape index (κ3) is 3.60. The molecule has 1 amide bonds. The van der Waals surface area contributed by atoms with Crippen molar-refractivity contribution in [2.24, 2.45) is 5.92 Å². The minimum atomic E-state index is -0.123. The van der Waals surface area contributed by atoms with Crippen molar-refractivity contribution in [3.05, 3.63) is 22.8 Å². The van der Waals surface area contributed by atoms with Gasteiger partial charge < -0.3 is 10.6 Å². The van der Waals surface area contributed by atoms with Crippen molar-refractivity contribution in [1.29, 1.82) is 0 Å². The van der Waals surface area contributed by atoms with Gasteiger partial charge in [0.05, 0.1) is 10.6 Å². The zero-order chi connectivity index (χ0) is 13.9. The number of hydrogen-bond donors (Lipinski definition) is 1. The summed E-state index contributed by atoms with van der Waals surface area (Å²) >= 11 is 5.98. The summed E-state index contributed by atoms with van der Waals surface area (Å²) in [6.07, 6.45) is 2.35. The fourth-order valence-electron chi connectivity index (χ4n) is 1.85. The summed E-state index contributed by atoms with van der Waals surface area (Å²) in [6.45, 7) is 6.29. The molecule has 18 heavy (non-hydrogen) atoms. The highest BCUT2D eigenvalue weighted by Gasteiger charge is 2.20. The number of carbonyl (C=O) groups excluding carboxylic acids is 1. The summed E-state index contributed by atoms with van der Waals surface area (Å²) in [5, 5.41) is 0.331. The molecule has 1 heterocycles. The molecular weight excluding hydrogens is 250 g/mol. The Balaban J connectivity index is 2.89. The number of pyridine rings is 1. The molecule has 0 bridgehead atoms. The first kappa shape index (κ1) is 14.8. The van der Waals surface area contributed by atoms with Crippen molar-refractivity contribution < 1.29 is 4.79 Å². The van der Waals surface area contributed by atoms with E-state index in [9.17, 15) is 4.79 Å². The van der Waals surface area contributed by atoms with Crippen molar-refractivity contribution in [2.45, 2.75) is 33.2 Å². The van der Waals surface area contributed by atoms with E-state index in [1.165, 1.54) is 12.3 Å². The number of hydrogen-bond acceptors (Lipinski definition) is 3. The quantitative estimate of drug-likeness (QED) is 0.914. The molecule has 1 aromatic rings. The molecule has 1 unspecified atom stereocenters. The molecule has 0 aromatic carbocycles.